The van der Waals surface area contributed by atoms with Crippen LogP contribution in [-0.2, 0) is 9.59 Å². The number of aliphatic carboxylic acids is 1. The minimum Gasteiger partial charge on any atom is -0.481 e. The maximum Gasteiger partial charge on any atom is 0.309 e. The first-order chi connectivity index (χ1) is 12.0. The SMILES string of the molecule is CC(C)(C)CCCCCCCC(=O)CCCCCCCC(C)(C)C(=O)O. The van der Waals surface area contributed by atoms with Crippen molar-refractivity contribution in [2.75, 3.05) is 0 Å². The Labute approximate surface area is 162 Å². The van der Waals surface area contributed by atoms with Crippen molar-refractivity contribution in [3.8, 4) is 0 Å². The van der Waals surface area contributed by atoms with E-state index < -0.39 is 11.4 Å². The summed E-state index contributed by atoms with van der Waals surface area (Å²) in [5.41, 5.74) is -0.162. The van der Waals surface area contributed by atoms with Crippen molar-refractivity contribution < 1.29 is 14.7 Å². The molecular formula is C23H44O3. The molecule has 154 valence electrons. The Morgan fingerprint density at radius 1 is 0.615 bits per heavy atom. The van der Waals surface area contributed by atoms with Gasteiger partial charge in [0, 0.05) is 12.8 Å². The summed E-state index contributed by atoms with van der Waals surface area (Å²) in [4.78, 5) is 22.9. The van der Waals surface area contributed by atoms with Gasteiger partial charge in [-0.15, -0.1) is 0 Å². The zero-order valence-electron chi connectivity index (χ0n) is 18.2. The molecule has 0 aliphatic heterocycles. The highest BCUT2D eigenvalue weighted by Gasteiger charge is 2.25. The van der Waals surface area contributed by atoms with E-state index >= 15 is 0 Å². The zero-order chi connectivity index (χ0) is 20.1. The van der Waals surface area contributed by atoms with E-state index in [1.165, 1.54) is 32.1 Å². The fourth-order valence-corrected chi connectivity index (χ4v) is 3.16. The molecule has 1 N–H and O–H groups in total. The summed E-state index contributed by atoms with van der Waals surface area (Å²) in [6, 6.07) is 0. The number of carbonyl (C=O) groups is 2. The lowest BCUT2D eigenvalue weighted by atomic mass is 9.87. The maximum atomic E-state index is 11.9. The molecule has 0 aromatic rings. The van der Waals surface area contributed by atoms with Crippen molar-refractivity contribution in [3.05, 3.63) is 0 Å². The quantitative estimate of drug-likeness (QED) is 0.294. The molecule has 0 rings (SSSR count). The van der Waals surface area contributed by atoms with Crippen molar-refractivity contribution in [2.45, 2.75) is 125 Å². The molecule has 0 fully saturated rings. The van der Waals surface area contributed by atoms with Crippen molar-refractivity contribution in [1.29, 1.82) is 0 Å². The lowest BCUT2D eigenvalue weighted by Gasteiger charge is -2.18. The molecule has 0 atom stereocenters. The topological polar surface area (TPSA) is 54.4 Å². The Bertz CT molecular complexity index is 391. The van der Waals surface area contributed by atoms with Gasteiger partial charge in [0.15, 0.2) is 0 Å². The average molecular weight is 369 g/mol. The lowest BCUT2D eigenvalue weighted by Crippen LogP contribution is -2.23. The van der Waals surface area contributed by atoms with Crippen molar-refractivity contribution in [3.63, 3.8) is 0 Å². The second-order valence-corrected chi connectivity index (χ2v) is 9.82. The number of carboxylic acid groups (broad SMARTS) is 1. The normalized spacial score (nSPS) is 12.3. The van der Waals surface area contributed by atoms with Gasteiger partial charge in [-0.1, -0.05) is 72.1 Å². The first-order valence-electron chi connectivity index (χ1n) is 10.8. The molecule has 0 aliphatic rings. The molecule has 0 amide bonds. The van der Waals surface area contributed by atoms with Crippen molar-refractivity contribution >= 4 is 11.8 Å². The molecule has 0 saturated heterocycles. The van der Waals surface area contributed by atoms with Crippen LogP contribution in [0.15, 0.2) is 0 Å². The Balaban J connectivity index is 3.41. The first-order valence-corrected chi connectivity index (χ1v) is 10.8. The molecule has 0 unspecified atom stereocenters. The smallest absolute Gasteiger partial charge is 0.309 e. The van der Waals surface area contributed by atoms with E-state index in [1.807, 2.05) is 0 Å². The zero-order valence-corrected chi connectivity index (χ0v) is 18.2. The van der Waals surface area contributed by atoms with E-state index in [-0.39, 0.29) is 0 Å². The van der Waals surface area contributed by atoms with Crippen LogP contribution >= 0.6 is 0 Å². The van der Waals surface area contributed by atoms with Gasteiger partial charge in [-0.05, 0) is 44.9 Å². The molecule has 0 bridgehead atoms. The molecular weight excluding hydrogens is 324 g/mol. The Hall–Kier alpha value is -0.860. The number of carboxylic acids is 1. The minimum absolute atomic E-state index is 0.423. The number of unbranched alkanes of at least 4 members (excludes halogenated alkanes) is 8. The van der Waals surface area contributed by atoms with Crippen molar-refractivity contribution in [2.24, 2.45) is 10.8 Å². The van der Waals surface area contributed by atoms with Gasteiger partial charge in [0.25, 0.3) is 0 Å². The van der Waals surface area contributed by atoms with Gasteiger partial charge in [0.1, 0.15) is 5.78 Å². The average Bonchev–Trinajstić information content (AvgIpc) is 2.51. The molecule has 0 aromatic carbocycles. The van der Waals surface area contributed by atoms with E-state index in [2.05, 4.69) is 20.8 Å². The summed E-state index contributed by atoms with van der Waals surface area (Å²) in [6.45, 7) is 10.5. The Kier molecular flexibility index (Phi) is 12.9. The number of hydrogen-bond acceptors (Lipinski definition) is 2. The predicted molar refractivity (Wildman–Crippen MR) is 111 cm³/mol. The van der Waals surface area contributed by atoms with E-state index in [0.717, 1.165) is 57.8 Å². The molecule has 0 spiro atoms. The van der Waals surface area contributed by atoms with Crippen LogP contribution < -0.4 is 0 Å². The third kappa shape index (κ3) is 15.4. The Morgan fingerprint density at radius 3 is 1.42 bits per heavy atom. The molecule has 3 heteroatoms. The number of rotatable bonds is 16. The third-order valence-electron chi connectivity index (χ3n) is 5.22. The van der Waals surface area contributed by atoms with E-state index in [0.29, 0.717) is 11.2 Å². The standard InChI is InChI=1S/C23H44O3/c1-22(2,3)18-14-10-6-8-12-16-20(24)17-13-9-7-11-15-19-23(4,5)21(25)26/h6-19H2,1-5H3,(H,25,26). The second-order valence-electron chi connectivity index (χ2n) is 9.82. The van der Waals surface area contributed by atoms with Crippen LogP contribution in [0, 0.1) is 10.8 Å². The molecule has 0 radical (unpaired) electrons. The van der Waals surface area contributed by atoms with E-state index in [4.69, 9.17) is 5.11 Å². The highest BCUT2D eigenvalue weighted by molar-refractivity contribution is 5.78. The van der Waals surface area contributed by atoms with Crippen LogP contribution in [0.3, 0.4) is 0 Å². The summed E-state index contributed by atoms with van der Waals surface area (Å²) in [7, 11) is 0. The van der Waals surface area contributed by atoms with Crippen molar-refractivity contribution in [1.82, 2.24) is 0 Å². The fraction of sp³-hybridized carbons (Fsp3) is 0.913. The monoisotopic (exact) mass is 368 g/mol. The second kappa shape index (κ2) is 13.3. The van der Waals surface area contributed by atoms with Gasteiger partial charge in [-0.2, -0.15) is 0 Å². The third-order valence-corrected chi connectivity index (χ3v) is 5.22. The van der Waals surface area contributed by atoms with Gasteiger partial charge in [-0.3, -0.25) is 9.59 Å². The van der Waals surface area contributed by atoms with E-state index in [1.54, 1.807) is 13.8 Å². The largest absolute Gasteiger partial charge is 0.481 e. The fourth-order valence-electron chi connectivity index (χ4n) is 3.16. The molecule has 0 saturated carbocycles. The van der Waals surface area contributed by atoms with Crippen LogP contribution in [0.5, 0.6) is 0 Å². The predicted octanol–water partition coefficient (Wildman–Crippen LogP) is 7.17. The maximum absolute atomic E-state index is 11.9. The van der Waals surface area contributed by atoms with Gasteiger partial charge >= 0.3 is 5.97 Å². The van der Waals surface area contributed by atoms with Gasteiger partial charge < -0.3 is 5.11 Å². The van der Waals surface area contributed by atoms with Gasteiger partial charge in [-0.25, -0.2) is 0 Å². The molecule has 3 nitrogen and oxygen atoms in total. The number of hydrogen-bond donors (Lipinski definition) is 1. The summed E-state index contributed by atoms with van der Waals surface area (Å²) >= 11 is 0. The number of ketones is 1. The summed E-state index contributed by atoms with van der Waals surface area (Å²) in [5, 5.41) is 9.07. The summed E-state index contributed by atoms with van der Waals surface area (Å²) in [5.74, 6) is -0.288. The highest BCUT2D eigenvalue weighted by atomic mass is 16.4. The number of carbonyl (C=O) groups excluding carboxylic acids is 1. The van der Waals surface area contributed by atoms with Crippen LogP contribution in [0.25, 0.3) is 0 Å². The molecule has 0 aromatic heterocycles. The van der Waals surface area contributed by atoms with E-state index in [9.17, 15) is 9.59 Å². The summed E-state index contributed by atoms with van der Waals surface area (Å²) in [6.07, 6.45) is 14.8. The Morgan fingerprint density at radius 2 is 1.00 bits per heavy atom. The van der Waals surface area contributed by atoms with Gasteiger partial charge in [0.2, 0.25) is 0 Å². The van der Waals surface area contributed by atoms with Crippen LogP contribution in [0.1, 0.15) is 125 Å². The minimum atomic E-state index is -0.711. The molecule has 0 aliphatic carbocycles. The van der Waals surface area contributed by atoms with Crippen LogP contribution in [0.2, 0.25) is 0 Å². The lowest BCUT2D eigenvalue weighted by molar-refractivity contribution is -0.147. The first kappa shape index (κ1) is 25.1. The van der Waals surface area contributed by atoms with Crippen LogP contribution in [-0.4, -0.2) is 16.9 Å². The molecule has 0 heterocycles. The number of Topliss-reactive ketones (excluding diaryl/α,β-unsaturated/α-hetero) is 1. The van der Waals surface area contributed by atoms with Crippen LogP contribution in [0.4, 0.5) is 0 Å². The van der Waals surface area contributed by atoms with Gasteiger partial charge in [0.05, 0.1) is 5.41 Å². The summed E-state index contributed by atoms with van der Waals surface area (Å²) < 4.78 is 0. The molecule has 26 heavy (non-hydrogen) atoms. The highest BCUT2D eigenvalue weighted by Crippen LogP contribution is 2.24.